The first-order valence-corrected chi connectivity index (χ1v) is 28.2. The maximum atomic E-state index is 12.8. The van der Waals surface area contributed by atoms with Gasteiger partial charge in [0, 0.05) is 19.3 Å². The van der Waals surface area contributed by atoms with Gasteiger partial charge in [0.15, 0.2) is 6.10 Å². The van der Waals surface area contributed by atoms with E-state index >= 15 is 0 Å². The Hall–Kier alpha value is -1.59. The number of unbranched alkanes of at least 4 members (excludes halogenated alkanes) is 36. The number of ether oxygens (including phenoxy) is 3. The highest BCUT2D eigenvalue weighted by molar-refractivity contribution is 5.71. The van der Waals surface area contributed by atoms with Crippen LogP contribution in [0.5, 0.6) is 0 Å². The average Bonchev–Trinajstić information content (AvgIpc) is 3.25. The molecule has 0 saturated heterocycles. The predicted molar refractivity (Wildman–Crippen MR) is 270 cm³/mol. The molecule has 1 atom stereocenters. The summed E-state index contributed by atoms with van der Waals surface area (Å²) in [4.78, 5) is 38.0. The summed E-state index contributed by atoms with van der Waals surface area (Å²) in [7, 11) is 0. The van der Waals surface area contributed by atoms with E-state index in [2.05, 4.69) is 34.6 Å². The third-order valence-electron chi connectivity index (χ3n) is 13.0. The van der Waals surface area contributed by atoms with Gasteiger partial charge in [-0.1, -0.05) is 279 Å². The van der Waals surface area contributed by atoms with Gasteiger partial charge >= 0.3 is 17.9 Å². The molecule has 0 bridgehead atoms. The molecule has 63 heavy (non-hydrogen) atoms. The number of hydrogen-bond donors (Lipinski definition) is 0. The summed E-state index contributed by atoms with van der Waals surface area (Å²) in [5.74, 6) is 0.781. The van der Waals surface area contributed by atoms with E-state index in [0.29, 0.717) is 19.3 Å². The van der Waals surface area contributed by atoms with Crippen molar-refractivity contribution < 1.29 is 28.6 Å². The first-order valence-electron chi connectivity index (χ1n) is 28.2. The van der Waals surface area contributed by atoms with Crippen molar-refractivity contribution in [2.75, 3.05) is 13.2 Å². The van der Waals surface area contributed by atoms with Crippen LogP contribution in [-0.4, -0.2) is 37.2 Å². The molecule has 6 nitrogen and oxygen atoms in total. The van der Waals surface area contributed by atoms with Gasteiger partial charge in [-0.15, -0.1) is 0 Å². The van der Waals surface area contributed by atoms with E-state index in [1.54, 1.807) is 0 Å². The maximum absolute atomic E-state index is 12.8. The molecule has 0 radical (unpaired) electrons. The molecule has 0 aromatic heterocycles. The van der Waals surface area contributed by atoms with Crippen molar-refractivity contribution in [2.24, 2.45) is 11.8 Å². The topological polar surface area (TPSA) is 78.9 Å². The molecule has 0 saturated carbocycles. The Morgan fingerprint density at radius 2 is 0.524 bits per heavy atom. The molecule has 0 amide bonds. The highest BCUT2D eigenvalue weighted by Crippen LogP contribution is 2.18. The minimum atomic E-state index is -0.762. The van der Waals surface area contributed by atoms with Crippen LogP contribution in [0.3, 0.4) is 0 Å². The molecule has 6 heteroatoms. The summed E-state index contributed by atoms with van der Waals surface area (Å²) in [5, 5.41) is 0. The molecule has 0 rings (SSSR count). The first-order chi connectivity index (χ1) is 30.7. The summed E-state index contributed by atoms with van der Waals surface area (Å²) < 4.78 is 16.9. The van der Waals surface area contributed by atoms with Gasteiger partial charge in [0.25, 0.3) is 0 Å². The monoisotopic (exact) mass is 891 g/mol. The number of hydrogen-bond acceptors (Lipinski definition) is 6. The second-order valence-electron chi connectivity index (χ2n) is 20.5. The lowest BCUT2D eigenvalue weighted by Crippen LogP contribution is -2.30. The number of rotatable bonds is 51. The third kappa shape index (κ3) is 51.3. The van der Waals surface area contributed by atoms with Crippen LogP contribution in [0.15, 0.2) is 0 Å². The number of esters is 3. The SMILES string of the molecule is CCCCCCCCCCCCCCCCCCCCC(=O)O[C@H](COC(=O)CCCCCCCCCCCCCCCCC(C)C)COC(=O)CCCCCCCCCC(C)C. The Kier molecular flexibility index (Phi) is 48.6. The van der Waals surface area contributed by atoms with E-state index in [4.69, 9.17) is 14.2 Å². The minimum Gasteiger partial charge on any atom is -0.462 e. The molecule has 0 fully saturated rings. The maximum Gasteiger partial charge on any atom is 0.306 e. The first kappa shape index (κ1) is 61.4. The molecule has 0 aliphatic heterocycles. The second kappa shape index (κ2) is 49.8. The summed E-state index contributed by atoms with van der Waals surface area (Å²) >= 11 is 0. The largest absolute Gasteiger partial charge is 0.462 e. The van der Waals surface area contributed by atoms with Crippen molar-refractivity contribution in [3.05, 3.63) is 0 Å². The second-order valence-corrected chi connectivity index (χ2v) is 20.5. The van der Waals surface area contributed by atoms with Crippen LogP contribution in [-0.2, 0) is 28.6 Å². The lowest BCUT2D eigenvalue weighted by atomic mass is 10.0. The summed E-state index contributed by atoms with van der Waals surface area (Å²) in [5.41, 5.74) is 0. The Balaban J connectivity index is 4.25. The van der Waals surface area contributed by atoms with Crippen LogP contribution < -0.4 is 0 Å². The zero-order valence-corrected chi connectivity index (χ0v) is 43.2. The molecule has 0 aromatic carbocycles. The smallest absolute Gasteiger partial charge is 0.306 e. The van der Waals surface area contributed by atoms with Gasteiger partial charge in [-0.3, -0.25) is 14.4 Å². The fraction of sp³-hybridized carbons (Fsp3) is 0.947. The van der Waals surface area contributed by atoms with Crippen molar-refractivity contribution in [3.8, 4) is 0 Å². The predicted octanol–water partition coefficient (Wildman–Crippen LogP) is 18.5. The highest BCUT2D eigenvalue weighted by atomic mass is 16.6. The van der Waals surface area contributed by atoms with Crippen molar-refractivity contribution in [3.63, 3.8) is 0 Å². The summed E-state index contributed by atoms with van der Waals surface area (Å²) in [6, 6.07) is 0. The molecule has 0 aliphatic carbocycles. The van der Waals surface area contributed by atoms with Crippen molar-refractivity contribution >= 4 is 17.9 Å². The zero-order chi connectivity index (χ0) is 46.1. The van der Waals surface area contributed by atoms with Crippen molar-refractivity contribution in [1.29, 1.82) is 0 Å². The Labute approximate surface area is 393 Å². The van der Waals surface area contributed by atoms with Crippen LogP contribution in [0.1, 0.15) is 317 Å². The number of carbonyl (C=O) groups excluding carboxylic acids is 3. The van der Waals surface area contributed by atoms with E-state index in [0.717, 1.165) is 69.6 Å². The van der Waals surface area contributed by atoms with Gasteiger partial charge in [0.2, 0.25) is 0 Å². The standard InChI is InChI=1S/C57H110O6/c1-6-7-8-9-10-11-12-13-14-15-16-17-22-25-28-33-39-44-49-57(60)63-54(51-62-56(59)48-43-38-34-29-31-36-41-46-53(4)5)50-61-55(58)47-42-37-32-27-24-21-19-18-20-23-26-30-35-40-45-52(2)3/h52-54H,6-51H2,1-5H3/t54-/m1/s1. The van der Waals surface area contributed by atoms with Crippen LogP contribution in [0, 0.1) is 11.8 Å². The van der Waals surface area contributed by atoms with Crippen molar-refractivity contribution in [1.82, 2.24) is 0 Å². The lowest BCUT2D eigenvalue weighted by Gasteiger charge is -2.18. The van der Waals surface area contributed by atoms with Gasteiger partial charge in [-0.25, -0.2) is 0 Å². The highest BCUT2D eigenvalue weighted by Gasteiger charge is 2.19. The molecular formula is C57H110O6. The van der Waals surface area contributed by atoms with E-state index in [1.165, 1.54) is 205 Å². The van der Waals surface area contributed by atoms with Crippen molar-refractivity contribution in [2.45, 2.75) is 323 Å². The minimum absolute atomic E-state index is 0.0636. The van der Waals surface area contributed by atoms with E-state index in [1.807, 2.05) is 0 Å². The molecule has 0 aromatic rings. The fourth-order valence-electron chi connectivity index (χ4n) is 8.70. The van der Waals surface area contributed by atoms with Gasteiger partial charge in [0.05, 0.1) is 0 Å². The van der Waals surface area contributed by atoms with E-state index in [9.17, 15) is 14.4 Å². The molecule has 0 unspecified atom stereocenters. The molecule has 0 N–H and O–H groups in total. The quantitative estimate of drug-likeness (QED) is 0.0344. The lowest BCUT2D eigenvalue weighted by molar-refractivity contribution is -0.167. The van der Waals surface area contributed by atoms with Gasteiger partial charge < -0.3 is 14.2 Å². The summed E-state index contributed by atoms with van der Waals surface area (Å²) in [6.45, 7) is 11.4. The normalized spacial score (nSPS) is 12.0. The molecule has 0 spiro atoms. The van der Waals surface area contributed by atoms with E-state index < -0.39 is 6.10 Å². The van der Waals surface area contributed by atoms with Crippen LogP contribution in [0.25, 0.3) is 0 Å². The zero-order valence-electron chi connectivity index (χ0n) is 43.2. The van der Waals surface area contributed by atoms with Gasteiger partial charge in [-0.05, 0) is 31.1 Å². The summed E-state index contributed by atoms with van der Waals surface area (Å²) in [6.07, 6.45) is 52.5. The molecule has 0 aliphatic rings. The molecule has 0 heterocycles. The number of carbonyl (C=O) groups is 3. The average molecular weight is 892 g/mol. The Morgan fingerprint density at radius 1 is 0.302 bits per heavy atom. The van der Waals surface area contributed by atoms with Crippen LogP contribution in [0.4, 0.5) is 0 Å². The fourth-order valence-corrected chi connectivity index (χ4v) is 8.70. The van der Waals surface area contributed by atoms with Gasteiger partial charge in [-0.2, -0.15) is 0 Å². The van der Waals surface area contributed by atoms with Gasteiger partial charge in [0.1, 0.15) is 13.2 Å². The molecule has 374 valence electrons. The third-order valence-corrected chi connectivity index (χ3v) is 13.0. The van der Waals surface area contributed by atoms with Crippen LogP contribution >= 0.6 is 0 Å². The Bertz CT molecular complexity index is 962. The Morgan fingerprint density at radius 3 is 0.778 bits per heavy atom. The van der Waals surface area contributed by atoms with Crippen LogP contribution in [0.2, 0.25) is 0 Å². The molecular weight excluding hydrogens is 781 g/mol. The van der Waals surface area contributed by atoms with E-state index in [-0.39, 0.29) is 31.1 Å².